The van der Waals surface area contributed by atoms with Crippen LogP contribution < -0.4 is 16.4 Å². The molecule has 2 saturated carbocycles. The summed E-state index contributed by atoms with van der Waals surface area (Å²) >= 11 is 0. The molecule has 1 aromatic rings. The summed E-state index contributed by atoms with van der Waals surface area (Å²) < 4.78 is 16.9. The maximum atomic E-state index is 14.2. The van der Waals surface area contributed by atoms with Crippen molar-refractivity contribution in [1.29, 1.82) is 0 Å². The largest absolute Gasteiger partial charge is 0.508 e. The predicted octanol–water partition coefficient (Wildman–Crippen LogP) is 6.37. The van der Waals surface area contributed by atoms with Crippen LogP contribution in [0, 0.1) is 35.0 Å². The Hall–Kier alpha value is -4.56. The molecule has 0 saturated heterocycles. The molecule has 0 spiro atoms. The van der Waals surface area contributed by atoms with Crippen LogP contribution in [0.2, 0.25) is 0 Å². The molecule has 5 aliphatic rings. The number of aryl methyl sites for hydroxylation is 1. The third-order valence-corrected chi connectivity index (χ3v) is 14.9. The minimum absolute atomic E-state index is 0.119. The number of phenolic OH excluding ortho intramolecular Hbond substituents is 1. The van der Waals surface area contributed by atoms with Crippen LogP contribution in [0.3, 0.4) is 0 Å². The molecular weight excluding hydrogens is 803 g/mol. The number of hydrogen-bond donors (Lipinski definition) is 6. The molecule has 4 aliphatic carbocycles. The molecule has 63 heavy (non-hydrogen) atoms. The van der Waals surface area contributed by atoms with E-state index in [-0.39, 0.29) is 52.3 Å². The Labute approximate surface area is 372 Å². The molecule has 1 aromatic carbocycles. The zero-order valence-corrected chi connectivity index (χ0v) is 38.0. The maximum Gasteiger partial charge on any atom is 0.405 e. The minimum Gasteiger partial charge on any atom is -0.508 e. The lowest BCUT2D eigenvalue weighted by molar-refractivity contribution is -0.120. The van der Waals surface area contributed by atoms with Gasteiger partial charge in [0, 0.05) is 43.9 Å². The number of aliphatic hydroxyl groups excluding tert-OH is 2. The van der Waals surface area contributed by atoms with Gasteiger partial charge in [0.1, 0.15) is 11.9 Å². The fraction of sp³-hybridized carbons (Fsp3) is 0.600. The molecule has 0 unspecified atom stereocenters. The number of ether oxygens (including phenoxy) is 3. The first-order chi connectivity index (χ1) is 30.0. The van der Waals surface area contributed by atoms with Crippen molar-refractivity contribution in [2.24, 2.45) is 40.7 Å². The van der Waals surface area contributed by atoms with Gasteiger partial charge in [0.2, 0.25) is 11.6 Å². The lowest BCUT2D eigenvalue weighted by Crippen LogP contribution is -2.44. The normalized spacial score (nSPS) is 36.4. The number of nitrogens with one attached hydrogen (secondary N) is 2. The first-order valence-electron chi connectivity index (χ1n) is 22.8. The van der Waals surface area contributed by atoms with E-state index in [1.165, 1.54) is 37.5 Å². The van der Waals surface area contributed by atoms with Crippen molar-refractivity contribution in [3.8, 4) is 5.75 Å². The van der Waals surface area contributed by atoms with Crippen molar-refractivity contribution in [2.75, 3.05) is 20.8 Å². The molecule has 344 valence electrons. The quantitative estimate of drug-likeness (QED) is 0.0914. The van der Waals surface area contributed by atoms with E-state index in [0.29, 0.717) is 42.0 Å². The average Bonchev–Trinajstić information content (AvgIpc) is 3.50. The number of carbonyl (C=O) groups is 4. The second kappa shape index (κ2) is 20.5. The van der Waals surface area contributed by atoms with Crippen molar-refractivity contribution < 1.29 is 48.7 Å². The van der Waals surface area contributed by atoms with E-state index in [9.17, 15) is 34.5 Å². The van der Waals surface area contributed by atoms with Gasteiger partial charge in [-0.3, -0.25) is 14.4 Å². The maximum absolute atomic E-state index is 14.2. The lowest BCUT2D eigenvalue weighted by Gasteiger charge is -2.50. The Balaban J connectivity index is 1.16. The fourth-order valence-electron chi connectivity index (χ4n) is 11.5. The van der Waals surface area contributed by atoms with Gasteiger partial charge in [-0.05, 0) is 135 Å². The molecule has 1 aliphatic heterocycles. The summed E-state index contributed by atoms with van der Waals surface area (Å²) in [6.45, 7) is 9.79. The van der Waals surface area contributed by atoms with Crippen LogP contribution in [-0.4, -0.2) is 90.2 Å². The van der Waals surface area contributed by atoms with Gasteiger partial charge in [0.05, 0.1) is 29.7 Å². The van der Waals surface area contributed by atoms with Crippen molar-refractivity contribution in [2.45, 2.75) is 135 Å². The van der Waals surface area contributed by atoms with Gasteiger partial charge in [-0.15, -0.1) is 0 Å². The Bertz CT molecular complexity index is 2050. The topological polar surface area (TPSA) is 207 Å². The van der Waals surface area contributed by atoms with Crippen LogP contribution in [0.1, 0.15) is 109 Å². The highest BCUT2D eigenvalue weighted by Gasteiger charge is 2.57. The molecule has 2 fully saturated rings. The number of fused-ring (bicyclic) bond motifs is 7. The second-order valence-corrected chi connectivity index (χ2v) is 19.1. The summed E-state index contributed by atoms with van der Waals surface area (Å²) in [6.07, 6.45) is 10.9. The van der Waals surface area contributed by atoms with Gasteiger partial charge >= 0.3 is 6.09 Å². The molecule has 13 heteroatoms. The van der Waals surface area contributed by atoms with E-state index in [0.717, 1.165) is 51.4 Å². The molecule has 2 amide bonds. The number of Topliss-reactive ketones (excluding diaryl/α,β-unsaturated/α-hetero) is 1. The summed E-state index contributed by atoms with van der Waals surface area (Å²) in [5.74, 6) is -0.220. The zero-order valence-electron chi connectivity index (χ0n) is 38.0. The number of aliphatic hydroxyl groups is 2. The van der Waals surface area contributed by atoms with Crippen LogP contribution in [0.25, 0.3) is 0 Å². The van der Waals surface area contributed by atoms with Crippen molar-refractivity contribution >= 4 is 23.6 Å². The Morgan fingerprint density at radius 2 is 1.81 bits per heavy atom. The number of unbranched alkanes of at least 4 members (excludes halogenated alkanes) is 1. The van der Waals surface area contributed by atoms with Gasteiger partial charge in [-0.25, -0.2) is 4.79 Å². The van der Waals surface area contributed by atoms with Crippen LogP contribution >= 0.6 is 0 Å². The second-order valence-electron chi connectivity index (χ2n) is 19.1. The standard InChI is InChI=1S/C50H69N3O10/c1-27-21-37-43(52-20-9-8-12-32-25-38-36-16-14-31-24-33(54)15-17-34(31)35(36)18-19-50(38,5)47(32)58)40(55)26-39(45(37)57)53-48(59)28(2)11-10-13-41(61-6)46(63-49(51)60)30(4)23-29(3)44(56)42(22-27)62-7/h10-11,13,15,17,23-24,26-27,29,32,35-36,38,41-42,44,46-47,52,54,56,58H,8-9,12,14,16,18-22,25H2,1-7H3,(H2,51,60)(H,53,59)/b13-10-,28-11+,30-23+/t27-,29+,32+,35+,36+,38-,41+,42+,44-,46+,47-,50-/m0/s1. The van der Waals surface area contributed by atoms with Crippen LogP contribution in [-0.2, 0) is 35.0 Å². The fourth-order valence-corrected chi connectivity index (χ4v) is 11.5. The number of amides is 2. The van der Waals surface area contributed by atoms with E-state index < -0.39 is 53.9 Å². The van der Waals surface area contributed by atoms with Crippen LogP contribution in [0.4, 0.5) is 4.79 Å². The number of carbonyl (C=O) groups excluding carboxylic acids is 4. The third-order valence-electron chi connectivity index (χ3n) is 14.9. The molecule has 13 nitrogen and oxygen atoms in total. The van der Waals surface area contributed by atoms with Gasteiger partial charge < -0.3 is 45.9 Å². The number of rotatable bonds is 9. The first kappa shape index (κ1) is 47.9. The predicted molar refractivity (Wildman–Crippen MR) is 239 cm³/mol. The monoisotopic (exact) mass is 871 g/mol. The highest BCUT2D eigenvalue weighted by molar-refractivity contribution is 6.23. The Kier molecular flexibility index (Phi) is 15.6. The molecule has 0 aromatic heterocycles. The van der Waals surface area contributed by atoms with Gasteiger partial charge in [0.25, 0.3) is 5.91 Å². The zero-order chi connectivity index (χ0) is 45.7. The van der Waals surface area contributed by atoms with Crippen molar-refractivity contribution in [3.63, 3.8) is 0 Å². The number of phenols is 1. The molecule has 6 rings (SSSR count). The number of nitrogens with two attached hydrogens (primary N) is 1. The Morgan fingerprint density at radius 1 is 1.05 bits per heavy atom. The lowest BCUT2D eigenvalue weighted by atomic mass is 9.55. The number of aromatic hydroxyl groups is 1. The average molecular weight is 872 g/mol. The number of allylic oxidation sites excluding steroid dienone is 4. The molecule has 2 bridgehead atoms. The van der Waals surface area contributed by atoms with Gasteiger partial charge in [0.15, 0.2) is 6.10 Å². The molecule has 0 radical (unpaired) electrons. The molecular formula is C50H69N3O10. The van der Waals surface area contributed by atoms with Crippen molar-refractivity contribution in [1.82, 2.24) is 10.6 Å². The van der Waals surface area contributed by atoms with E-state index in [1.54, 1.807) is 32.1 Å². The smallest absolute Gasteiger partial charge is 0.405 e. The van der Waals surface area contributed by atoms with Gasteiger partial charge in [-0.2, -0.15) is 0 Å². The number of methoxy groups -OCH3 is 2. The van der Waals surface area contributed by atoms with Crippen LogP contribution in [0.15, 0.2) is 76.7 Å². The molecule has 1 heterocycles. The number of primary amides is 1. The third kappa shape index (κ3) is 10.5. The highest BCUT2D eigenvalue weighted by atomic mass is 16.6. The Morgan fingerprint density at radius 3 is 2.52 bits per heavy atom. The van der Waals surface area contributed by atoms with E-state index in [4.69, 9.17) is 19.9 Å². The highest BCUT2D eigenvalue weighted by Crippen LogP contribution is 2.63. The summed E-state index contributed by atoms with van der Waals surface area (Å²) in [5.41, 5.74) is 9.10. The first-order valence-corrected chi connectivity index (χ1v) is 22.8. The number of benzene rings is 1. The number of hydrogen-bond acceptors (Lipinski definition) is 11. The van der Waals surface area contributed by atoms with Gasteiger partial charge in [-0.1, -0.05) is 57.6 Å². The number of ketones is 2. The summed E-state index contributed by atoms with van der Waals surface area (Å²) in [6, 6.07) is 5.84. The minimum atomic E-state index is -1.00. The van der Waals surface area contributed by atoms with Crippen molar-refractivity contribution in [3.05, 3.63) is 87.8 Å². The summed E-state index contributed by atoms with van der Waals surface area (Å²) in [5, 5.41) is 39.4. The van der Waals surface area contributed by atoms with Crippen LogP contribution in [0.5, 0.6) is 5.75 Å². The van der Waals surface area contributed by atoms with E-state index >= 15 is 0 Å². The molecule has 7 N–H and O–H groups in total. The SMILES string of the molecule is CO[C@@H]1/C=C\C=C(/C)C(=O)NC2=CC(=O)C(NCCCC[C@@H]3C[C@H]4[C@@H]5CCc6cc(O)ccc6[C@H]5CC[C@]4(C)[C@H]3O)=C(C[C@H](C)C[C@@H](OC)[C@@H](O)[C@H](C)/C=C(\C)[C@H]1OC(N)=O)C2=O. The van der Waals surface area contributed by atoms with E-state index in [1.807, 2.05) is 26.0 Å². The summed E-state index contributed by atoms with van der Waals surface area (Å²) in [4.78, 5) is 53.3. The summed E-state index contributed by atoms with van der Waals surface area (Å²) in [7, 11) is 2.95. The van der Waals surface area contributed by atoms with E-state index in [2.05, 4.69) is 23.6 Å². The molecule has 12 atom stereocenters.